The van der Waals surface area contributed by atoms with Gasteiger partial charge in [-0.15, -0.1) is 0 Å². The molecule has 1 aromatic carbocycles. The highest BCUT2D eigenvalue weighted by Gasteiger charge is 2.47. The number of hydrogen-bond acceptors (Lipinski definition) is 1. The SMILES string of the molecule is CC(C)(C)C(=O)NC1(c2cccc(F)c2)CC1. The Morgan fingerprint density at radius 3 is 2.47 bits per heavy atom. The summed E-state index contributed by atoms with van der Waals surface area (Å²) in [6, 6.07) is 6.49. The Bertz CT molecular complexity index is 444. The number of carbonyl (C=O) groups is 1. The molecule has 0 spiro atoms. The van der Waals surface area contributed by atoms with Crippen LogP contribution >= 0.6 is 0 Å². The minimum atomic E-state index is -0.414. The standard InChI is InChI=1S/C14H18FNO/c1-13(2,3)12(17)16-14(7-8-14)10-5-4-6-11(15)9-10/h4-6,9H,7-8H2,1-3H3,(H,16,17). The first-order chi connectivity index (χ1) is 7.83. The molecule has 0 aliphatic heterocycles. The molecule has 2 rings (SSSR count). The molecule has 2 nitrogen and oxygen atoms in total. The highest BCUT2D eigenvalue weighted by Crippen LogP contribution is 2.46. The predicted molar refractivity (Wildman–Crippen MR) is 64.9 cm³/mol. The molecular formula is C14H18FNO. The van der Waals surface area contributed by atoms with Crippen molar-refractivity contribution in [2.45, 2.75) is 39.2 Å². The van der Waals surface area contributed by atoms with Crippen molar-refractivity contribution in [1.82, 2.24) is 5.32 Å². The summed E-state index contributed by atoms with van der Waals surface area (Å²) in [4.78, 5) is 12.0. The molecule has 0 radical (unpaired) electrons. The molecule has 0 saturated heterocycles. The fourth-order valence-electron chi connectivity index (χ4n) is 1.80. The van der Waals surface area contributed by atoms with E-state index < -0.39 is 5.41 Å². The maximum atomic E-state index is 13.2. The summed E-state index contributed by atoms with van der Waals surface area (Å²) in [6.45, 7) is 5.64. The third-order valence-corrected chi connectivity index (χ3v) is 3.16. The molecule has 1 aromatic rings. The van der Waals surface area contributed by atoms with E-state index in [4.69, 9.17) is 0 Å². The average Bonchev–Trinajstić information content (AvgIpc) is 2.97. The van der Waals surface area contributed by atoms with E-state index in [-0.39, 0.29) is 17.3 Å². The third-order valence-electron chi connectivity index (χ3n) is 3.16. The largest absolute Gasteiger partial charge is 0.346 e. The van der Waals surface area contributed by atoms with Crippen molar-refractivity contribution in [3.8, 4) is 0 Å². The van der Waals surface area contributed by atoms with Crippen LogP contribution in [0.4, 0.5) is 4.39 Å². The summed E-state index contributed by atoms with van der Waals surface area (Å²) in [5.41, 5.74) is 0.130. The van der Waals surface area contributed by atoms with Gasteiger partial charge in [0.1, 0.15) is 5.82 Å². The predicted octanol–water partition coefficient (Wildman–Crippen LogP) is 2.98. The minimum absolute atomic E-state index is 0.0132. The minimum Gasteiger partial charge on any atom is -0.346 e. The van der Waals surface area contributed by atoms with Gasteiger partial charge in [0, 0.05) is 5.41 Å². The summed E-state index contributed by atoms with van der Waals surface area (Å²) in [6.07, 6.45) is 1.77. The number of benzene rings is 1. The number of carbonyl (C=O) groups excluding carboxylic acids is 1. The molecule has 0 atom stereocenters. The summed E-state index contributed by atoms with van der Waals surface area (Å²) in [5, 5.41) is 3.05. The molecule has 0 bridgehead atoms. The number of nitrogens with one attached hydrogen (secondary N) is 1. The Labute approximate surface area is 101 Å². The molecule has 92 valence electrons. The first-order valence-corrected chi connectivity index (χ1v) is 5.92. The van der Waals surface area contributed by atoms with Crippen molar-refractivity contribution in [2.75, 3.05) is 0 Å². The van der Waals surface area contributed by atoms with Crippen molar-refractivity contribution in [1.29, 1.82) is 0 Å². The number of halogens is 1. The van der Waals surface area contributed by atoms with Crippen molar-refractivity contribution in [2.24, 2.45) is 5.41 Å². The molecule has 17 heavy (non-hydrogen) atoms. The summed E-state index contributed by atoms with van der Waals surface area (Å²) < 4.78 is 13.2. The second-order valence-corrected chi connectivity index (χ2v) is 5.80. The van der Waals surface area contributed by atoms with Gasteiger partial charge in [-0.3, -0.25) is 4.79 Å². The first kappa shape index (κ1) is 12.1. The van der Waals surface area contributed by atoms with Gasteiger partial charge in [0.2, 0.25) is 5.91 Å². The zero-order chi connectivity index (χ0) is 12.7. The van der Waals surface area contributed by atoms with Crippen LogP contribution in [0.3, 0.4) is 0 Å². The third kappa shape index (κ3) is 2.48. The first-order valence-electron chi connectivity index (χ1n) is 5.92. The smallest absolute Gasteiger partial charge is 0.226 e. The summed E-state index contributed by atoms with van der Waals surface area (Å²) in [5.74, 6) is -0.238. The number of rotatable bonds is 2. The average molecular weight is 235 g/mol. The van der Waals surface area contributed by atoms with Crippen LogP contribution in [0, 0.1) is 11.2 Å². The number of amides is 1. The van der Waals surface area contributed by atoms with E-state index in [1.54, 1.807) is 6.07 Å². The van der Waals surface area contributed by atoms with Crippen LogP contribution in [0.15, 0.2) is 24.3 Å². The van der Waals surface area contributed by atoms with Crippen LogP contribution in [-0.2, 0) is 10.3 Å². The van der Waals surface area contributed by atoms with Crippen LogP contribution in [0.2, 0.25) is 0 Å². The molecule has 1 fully saturated rings. The van der Waals surface area contributed by atoms with Gasteiger partial charge in [-0.2, -0.15) is 0 Å². The molecule has 3 heteroatoms. The van der Waals surface area contributed by atoms with Gasteiger partial charge in [-0.05, 0) is 30.5 Å². The lowest BCUT2D eigenvalue weighted by molar-refractivity contribution is -0.129. The molecular weight excluding hydrogens is 217 g/mol. The molecule has 0 aromatic heterocycles. The fraction of sp³-hybridized carbons (Fsp3) is 0.500. The van der Waals surface area contributed by atoms with Gasteiger partial charge in [0.05, 0.1) is 5.54 Å². The zero-order valence-electron chi connectivity index (χ0n) is 10.5. The lowest BCUT2D eigenvalue weighted by Crippen LogP contribution is -2.41. The Morgan fingerprint density at radius 2 is 2.00 bits per heavy atom. The molecule has 0 heterocycles. The normalized spacial score (nSPS) is 17.6. The summed E-state index contributed by atoms with van der Waals surface area (Å²) >= 11 is 0. The van der Waals surface area contributed by atoms with E-state index >= 15 is 0 Å². The van der Waals surface area contributed by atoms with Gasteiger partial charge in [-0.25, -0.2) is 4.39 Å². The second kappa shape index (κ2) is 3.83. The topological polar surface area (TPSA) is 29.1 Å². The van der Waals surface area contributed by atoms with Gasteiger partial charge < -0.3 is 5.32 Å². The van der Waals surface area contributed by atoms with Crippen molar-refractivity contribution < 1.29 is 9.18 Å². The van der Waals surface area contributed by atoms with E-state index in [1.165, 1.54) is 12.1 Å². The van der Waals surface area contributed by atoms with Crippen LogP contribution in [0.1, 0.15) is 39.2 Å². The Morgan fingerprint density at radius 1 is 1.35 bits per heavy atom. The van der Waals surface area contributed by atoms with Crippen LogP contribution in [0.25, 0.3) is 0 Å². The van der Waals surface area contributed by atoms with E-state index in [0.29, 0.717) is 0 Å². The van der Waals surface area contributed by atoms with Crippen LogP contribution < -0.4 is 5.32 Å². The quantitative estimate of drug-likeness (QED) is 0.839. The maximum absolute atomic E-state index is 13.2. The number of hydrogen-bond donors (Lipinski definition) is 1. The highest BCUT2D eigenvalue weighted by atomic mass is 19.1. The Hall–Kier alpha value is -1.38. The van der Waals surface area contributed by atoms with Crippen LogP contribution in [0.5, 0.6) is 0 Å². The Balaban J connectivity index is 2.18. The lowest BCUT2D eigenvalue weighted by atomic mass is 9.94. The van der Waals surface area contributed by atoms with Crippen LogP contribution in [-0.4, -0.2) is 5.91 Å². The maximum Gasteiger partial charge on any atom is 0.226 e. The Kier molecular flexibility index (Phi) is 2.72. The van der Waals surface area contributed by atoms with Gasteiger partial charge in [0.15, 0.2) is 0 Å². The van der Waals surface area contributed by atoms with Gasteiger partial charge in [-0.1, -0.05) is 32.9 Å². The van der Waals surface area contributed by atoms with E-state index in [0.717, 1.165) is 18.4 Å². The van der Waals surface area contributed by atoms with Gasteiger partial charge >= 0.3 is 0 Å². The monoisotopic (exact) mass is 235 g/mol. The van der Waals surface area contributed by atoms with E-state index in [2.05, 4.69) is 5.32 Å². The van der Waals surface area contributed by atoms with Crippen molar-refractivity contribution in [3.05, 3.63) is 35.6 Å². The molecule has 1 aliphatic carbocycles. The van der Waals surface area contributed by atoms with E-state index in [9.17, 15) is 9.18 Å². The molecule has 1 aliphatic rings. The molecule has 1 amide bonds. The van der Waals surface area contributed by atoms with Crippen molar-refractivity contribution in [3.63, 3.8) is 0 Å². The lowest BCUT2D eigenvalue weighted by Gasteiger charge is -2.24. The van der Waals surface area contributed by atoms with Crippen molar-refractivity contribution >= 4 is 5.91 Å². The van der Waals surface area contributed by atoms with E-state index in [1.807, 2.05) is 26.8 Å². The summed E-state index contributed by atoms with van der Waals surface area (Å²) in [7, 11) is 0. The second-order valence-electron chi connectivity index (χ2n) is 5.80. The molecule has 0 unspecified atom stereocenters. The molecule has 1 N–H and O–H groups in total. The fourth-order valence-corrected chi connectivity index (χ4v) is 1.80. The molecule has 1 saturated carbocycles. The zero-order valence-corrected chi connectivity index (χ0v) is 10.5. The van der Waals surface area contributed by atoms with Gasteiger partial charge in [0.25, 0.3) is 0 Å². The highest BCUT2D eigenvalue weighted by molar-refractivity contribution is 5.82.